The summed E-state index contributed by atoms with van der Waals surface area (Å²) in [6.45, 7) is 5.56. The Kier molecular flexibility index (Phi) is 5.54. The van der Waals surface area contributed by atoms with E-state index in [1.807, 2.05) is 26.8 Å². The van der Waals surface area contributed by atoms with Gasteiger partial charge in [-0.05, 0) is 30.5 Å². The molecule has 0 fully saturated rings. The lowest BCUT2D eigenvalue weighted by molar-refractivity contribution is -0.144. The van der Waals surface area contributed by atoms with Gasteiger partial charge in [0.1, 0.15) is 6.04 Å². The first kappa shape index (κ1) is 15.7. The molecule has 1 amide bonds. The van der Waals surface area contributed by atoms with Crippen molar-refractivity contribution in [1.29, 1.82) is 0 Å². The Labute approximate surface area is 121 Å². The van der Waals surface area contributed by atoms with Crippen LogP contribution in [0.2, 0.25) is 0 Å². The van der Waals surface area contributed by atoms with Crippen molar-refractivity contribution in [3.05, 3.63) is 33.8 Å². The number of nitrogens with one attached hydrogen (secondary N) is 1. The van der Waals surface area contributed by atoms with Crippen LogP contribution in [-0.2, 0) is 9.53 Å². The molecule has 0 radical (unpaired) electrons. The Balaban J connectivity index is 2.94. The normalized spacial score (nSPS) is 12.1. The summed E-state index contributed by atoms with van der Waals surface area (Å²) in [5, 5.41) is 2.72. The highest BCUT2D eigenvalue weighted by molar-refractivity contribution is 9.10. The quantitative estimate of drug-likeness (QED) is 0.865. The van der Waals surface area contributed by atoms with Crippen LogP contribution in [0.1, 0.15) is 29.8 Å². The molecule has 0 saturated heterocycles. The average Bonchev–Trinajstić information content (AvgIpc) is 2.37. The molecule has 1 aromatic rings. The lowest BCUT2D eigenvalue weighted by Gasteiger charge is -2.20. The lowest BCUT2D eigenvalue weighted by atomic mass is 10.0. The average molecular weight is 328 g/mol. The van der Waals surface area contributed by atoms with Crippen LogP contribution in [-0.4, -0.2) is 25.0 Å². The third-order valence-electron chi connectivity index (χ3n) is 2.92. The fourth-order valence-electron chi connectivity index (χ4n) is 1.70. The number of carbonyl (C=O) groups excluding carboxylic acids is 2. The smallest absolute Gasteiger partial charge is 0.328 e. The van der Waals surface area contributed by atoms with Crippen molar-refractivity contribution in [1.82, 2.24) is 5.32 Å². The molecule has 0 aliphatic carbocycles. The van der Waals surface area contributed by atoms with Gasteiger partial charge in [0.25, 0.3) is 5.91 Å². The molecule has 1 unspecified atom stereocenters. The second-order valence-corrected chi connectivity index (χ2v) is 5.49. The minimum atomic E-state index is -0.643. The Morgan fingerprint density at radius 1 is 1.32 bits per heavy atom. The highest BCUT2D eigenvalue weighted by Crippen LogP contribution is 2.19. The van der Waals surface area contributed by atoms with Gasteiger partial charge in [0.2, 0.25) is 0 Å². The maximum Gasteiger partial charge on any atom is 0.328 e. The topological polar surface area (TPSA) is 55.4 Å². The summed E-state index contributed by atoms with van der Waals surface area (Å²) in [6, 6.07) is 4.74. The van der Waals surface area contributed by atoms with E-state index in [1.165, 1.54) is 7.11 Å². The van der Waals surface area contributed by atoms with Crippen LogP contribution in [0.25, 0.3) is 0 Å². The zero-order valence-corrected chi connectivity index (χ0v) is 13.1. The van der Waals surface area contributed by atoms with E-state index in [0.717, 1.165) is 10.0 Å². The van der Waals surface area contributed by atoms with Gasteiger partial charge in [0.15, 0.2) is 0 Å². The van der Waals surface area contributed by atoms with E-state index in [2.05, 4.69) is 21.2 Å². The number of esters is 1. The number of carbonyl (C=O) groups is 2. The highest BCUT2D eigenvalue weighted by atomic mass is 79.9. The van der Waals surface area contributed by atoms with Gasteiger partial charge >= 0.3 is 5.97 Å². The number of halogens is 1. The number of rotatable bonds is 4. The van der Waals surface area contributed by atoms with Crippen molar-refractivity contribution in [2.75, 3.05) is 7.11 Å². The summed E-state index contributed by atoms with van der Waals surface area (Å²) in [5.74, 6) is -0.747. The molecule has 5 heteroatoms. The molecule has 0 bridgehead atoms. The minimum absolute atomic E-state index is 0.0381. The van der Waals surface area contributed by atoms with Crippen LogP contribution in [0, 0.1) is 12.8 Å². The predicted molar refractivity (Wildman–Crippen MR) is 77.0 cm³/mol. The van der Waals surface area contributed by atoms with E-state index >= 15 is 0 Å². The van der Waals surface area contributed by atoms with Crippen molar-refractivity contribution in [2.24, 2.45) is 5.92 Å². The zero-order valence-electron chi connectivity index (χ0n) is 11.5. The van der Waals surface area contributed by atoms with Gasteiger partial charge in [0, 0.05) is 10.0 Å². The number of hydrogen-bond acceptors (Lipinski definition) is 3. The molecule has 19 heavy (non-hydrogen) atoms. The van der Waals surface area contributed by atoms with Crippen LogP contribution in [0.5, 0.6) is 0 Å². The molecule has 4 nitrogen and oxygen atoms in total. The SMILES string of the molecule is COC(=O)C(NC(=O)c1cccc(Br)c1C)C(C)C. The maximum atomic E-state index is 12.2. The number of ether oxygens (including phenoxy) is 1. The fourth-order valence-corrected chi connectivity index (χ4v) is 2.06. The number of methoxy groups -OCH3 is 1. The molecule has 0 spiro atoms. The van der Waals surface area contributed by atoms with E-state index in [0.29, 0.717) is 5.56 Å². The highest BCUT2D eigenvalue weighted by Gasteiger charge is 2.25. The van der Waals surface area contributed by atoms with Gasteiger partial charge in [-0.25, -0.2) is 4.79 Å². The Morgan fingerprint density at radius 2 is 1.95 bits per heavy atom. The van der Waals surface area contributed by atoms with E-state index in [1.54, 1.807) is 12.1 Å². The minimum Gasteiger partial charge on any atom is -0.467 e. The zero-order chi connectivity index (χ0) is 14.6. The van der Waals surface area contributed by atoms with Crippen LogP contribution < -0.4 is 5.32 Å². The number of benzene rings is 1. The van der Waals surface area contributed by atoms with Crippen molar-refractivity contribution in [2.45, 2.75) is 26.8 Å². The molecule has 1 atom stereocenters. The van der Waals surface area contributed by atoms with Gasteiger partial charge in [0.05, 0.1) is 7.11 Å². The van der Waals surface area contributed by atoms with E-state index < -0.39 is 12.0 Å². The summed E-state index contributed by atoms with van der Waals surface area (Å²) in [4.78, 5) is 23.8. The molecule has 104 valence electrons. The lowest BCUT2D eigenvalue weighted by Crippen LogP contribution is -2.45. The summed E-state index contributed by atoms with van der Waals surface area (Å²) in [5.41, 5.74) is 1.39. The fraction of sp³-hybridized carbons (Fsp3) is 0.429. The maximum absolute atomic E-state index is 12.2. The Bertz CT molecular complexity index is 486. The van der Waals surface area contributed by atoms with E-state index in [-0.39, 0.29) is 11.8 Å². The summed E-state index contributed by atoms with van der Waals surface area (Å²) < 4.78 is 5.56. The molecule has 0 heterocycles. The van der Waals surface area contributed by atoms with Crippen molar-refractivity contribution >= 4 is 27.8 Å². The first-order valence-electron chi connectivity index (χ1n) is 6.02. The molecule has 0 saturated carbocycles. The molecule has 0 aromatic heterocycles. The second kappa shape index (κ2) is 6.70. The first-order chi connectivity index (χ1) is 8.88. The van der Waals surface area contributed by atoms with Gasteiger partial charge in [-0.3, -0.25) is 4.79 Å². The molecule has 0 aliphatic heterocycles. The van der Waals surface area contributed by atoms with Gasteiger partial charge in [-0.1, -0.05) is 35.8 Å². The molecular weight excluding hydrogens is 310 g/mol. The summed E-state index contributed by atoms with van der Waals surface area (Å²) >= 11 is 3.38. The summed E-state index contributed by atoms with van der Waals surface area (Å²) in [6.07, 6.45) is 0. The third-order valence-corrected chi connectivity index (χ3v) is 3.78. The molecular formula is C14H18BrNO3. The second-order valence-electron chi connectivity index (χ2n) is 4.63. The van der Waals surface area contributed by atoms with Crippen molar-refractivity contribution in [3.63, 3.8) is 0 Å². The monoisotopic (exact) mass is 327 g/mol. The molecule has 1 aromatic carbocycles. The predicted octanol–water partition coefficient (Wildman–Crippen LogP) is 2.68. The van der Waals surface area contributed by atoms with Crippen LogP contribution in [0.3, 0.4) is 0 Å². The first-order valence-corrected chi connectivity index (χ1v) is 6.81. The van der Waals surface area contributed by atoms with Gasteiger partial charge < -0.3 is 10.1 Å². The van der Waals surface area contributed by atoms with Crippen molar-refractivity contribution < 1.29 is 14.3 Å². The standard InChI is InChI=1S/C14H18BrNO3/c1-8(2)12(14(18)19-4)16-13(17)10-6-5-7-11(15)9(10)3/h5-8,12H,1-4H3,(H,16,17). The van der Waals surface area contributed by atoms with Crippen LogP contribution in [0.4, 0.5) is 0 Å². The summed E-state index contributed by atoms with van der Waals surface area (Å²) in [7, 11) is 1.31. The van der Waals surface area contributed by atoms with Crippen molar-refractivity contribution in [3.8, 4) is 0 Å². The van der Waals surface area contributed by atoms with Gasteiger partial charge in [-0.2, -0.15) is 0 Å². The third kappa shape index (κ3) is 3.80. The Morgan fingerprint density at radius 3 is 2.47 bits per heavy atom. The van der Waals surface area contributed by atoms with E-state index in [4.69, 9.17) is 4.74 Å². The molecule has 0 aliphatic rings. The molecule has 1 rings (SSSR count). The Hall–Kier alpha value is -1.36. The molecule has 1 N–H and O–H groups in total. The number of amides is 1. The largest absolute Gasteiger partial charge is 0.467 e. The van der Waals surface area contributed by atoms with Crippen LogP contribution >= 0.6 is 15.9 Å². The number of hydrogen-bond donors (Lipinski definition) is 1. The van der Waals surface area contributed by atoms with Crippen LogP contribution in [0.15, 0.2) is 22.7 Å². The van der Waals surface area contributed by atoms with E-state index in [9.17, 15) is 9.59 Å². The van der Waals surface area contributed by atoms with Gasteiger partial charge in [-0.15, -0.1) is 0 Å².